The molecule has 0 aliphatic heterocycles. The summed E-state index contributed by atoms with van der Waals surface area (Å²) in [6, 6.07) is 13.0. The van der Waals surface area contributed by atoms with Crippen LogP contribution >= 0.6 is 11.3 Å². The predicted octanol–water partition coefficient (Wildman–Crippen LogP) is 3.87. The molecule has 0 bridgehead atoms. The number of aromatic nitrogens is 1. The molecule has 1 aromatic heterocycles. The predicted molar refractivity (Wildman–Crippen MR) is 67.9 cm³/mol. The van der Waals surface area contributed by atoms with E-state index in [2.05, 4.69) is 41.4 Å². The molecule has 0 atom stereocenters. The van der Waals surface area contributed by atoms with Gasteiger partial charge in [0.25, 0.3) is 0 Å². The zero-order chi connectivity index (χ0) is 10.5. The average molecular weight is 223 g/mol. The van der Waals surface area contributed by atoms with Crippen LogP contribution in [0.15, 0.2) is 41.9 Å². The molecule has 0 saturated carbocycles. The van der Waals surface area contributed by atoms with Crippen molar-refractivity contribution in [2.24, 2.45) is 0 Å². The normalized spacial score (nSPS) is 12.8. The van der Waals surface area contributed by atoms with Gasteiger partial charge >= 0.3 is 0 Å². The van der Waals surface area contributed by atoms with Gasteiger partial charge in [-0.15, -0.1) is 11.3 Å². The Morgan fingerprint density at radius 3 is 2.94 bits per heavy atom. The Morgan fingerprint density at radius 2 is 1.94 bits per heavy atom. The first-order valence-electron chi connectivity index (χ1n) is 5.37. The second kappa shape index (κ2) is 2.92. The average Bonchev–Trinajstić information content (AvgIpc) is 2.92. The van der Waals surface area contributed by atoms with Crippen LogP contribution in [0.4, 0.5) is 0 Å². The van der Waals surface area contributed by atoms with E-state index < -0.39 is 0 Å². The van der Waals surface area contributed by atoms with E-state index in [9.17, 15) is 0 Å². The third kappa shape index (κ3) is 0.973. The summed E-state index contributed by atoms with van der Waals surface area (Å²) in [6.45, 7) is 0. The largest absolute Gasteiger partial charge is 0.245 e. The van der Waals surface area contributed by atoms with Gasteiger partial charge in [-0.1, -0.05) is 30.3 Å². The van der Waals surface area contributed by atoms with Crippen molar-refractivity contribution in [3.05, 3.63) is 53.0 Å². The fourth-order valence-electron chi connectivity index (χ4n) is 2.54. The van der Waals surface area contributed by atoms with E-state index in [1.54, 1.807) is 11.3 Å². The molecular weight excluding hydrogens is 214 g/mol. The summed E-state index contributed by atoms with van der Waals surface area (Å²) in [5.41, 5.74) is 8.77. The summed E-state index contributed by atoms with van der Waals surface area (Å²) in [4.78, 5) is 4.38. The highest BCUT2D eigenvalue weighted by Crippen LogP contribution is 2.40. The maximum absolute atomic E-state index is 4.38. The Hall–Kier alpha value is -1.67. The van der Waals surface area contributed by atoms with Crippen molar-refractivity contribution in [1.82, 2.24) is 4.98 Å². The molecule has 0 saturated heterocycles. The SMILES string of the molecule is c1ccc2c(c1)Cc1c-2ccc2ncsc12. The van der Waals surface area contributed by atoms with Gasteiger partial charge in [-0.05, 0) is 28.3 Å². The third-order valence-corrected chi connectivity index (χ3v) is 4.18. The molecule has 0 N–H and O–H groups in total. The van der Waals surface area contributed by atoms with Gasteiger partial charge < -0.3 is 0 Å². The van der Waals surface area contributed by atoms with E-state index in [-0.39, 0.29) is 0 Å². The second-order valence-electron chi connectivity index (χ2n) is 4.13. The first-order chi connectivity index (χ1) is 7.93. The second-order valence-corrected chi connectivity index (χ2v) is 4.98. The zero-order valence-electron chi connectivity index (χ0n) is 8.60. The van der Waals surface area contributed by atoms with Gasteiger partial charge in [-0.3, -0.25) is 0 Å². The summed E-state index contributed by atoms with van der Waals surface area (Å²) in [7, 11) is 0. The number of benzene rings is 2. The van der Waals surface area contributed by atoms with Crippen molar-refractivity contribution < 1.29 is 0 Å². The van der Waals surface area contributed by atoms with Crippen molar-refractivity contribution in [2.45, 2.75) is 6.42 Å². The van der Waals surface area contributed by atoms with E-state index in [1.165, 1.54) is 27.0 Å². The molecule has 0 spiro atoms. The first-order valence-corrected chi connectivity index (χ1v) is 6.25. The Bertz CT molecular complexity index is 697. The Balaban J connectivity index is 2.13. The fourth-order valence-corrected chi connectivity index (χ4v) is 3.38. The summed E-state index contributed by atoms with van der Waals surface area (Å²) in [5.74, 6) is 0. The lowest BCUT2D eigenvalue weighted by molar-refractivity contribution is 1.29. The lowest BCUT2D eigenvalue weighted by Gasteiger charge is -2.00. The quantitative estimate of drug-likeness (QED) is 0.441. The molecule has 0 radical (unpaired) electrons. The molecule has 1 aliphatic carbocycles. The third-order valence-electron chi connectivity index (χ3n) is 3.28. The van der Waals surface area contributed by atoms with Gasteiger partial charge in [0.05, 0.1) is 15.7 Å². The fraction of sp³-hybridized carbons (Fsp3) is 0.0714. The van der Waals surface area contributed by atoms with Crippen molar-refractivity contribution in [1.29, 1.82) is 0 Å². The van der Waals surface area contributed by atoms with Crippen LogP contribution in [0.3, 0.4) is 0 Å². The topological polar surface area (TPSA) is 12.9 Å². The first kappa shape index (κ1) is 8.48. The number of thiazole rings is 1. The standard InChI is InChI=1S/C14H9NS/c1-2-4-10-9(3-1)7-12-11(10)5-6-13-14(12)16-8-15-13/h1-6,8H,7H2. The van der Waals surface area contributed by atoms with Gasteiger partial charge in [-0.2, -0.15) is 0 Å². The number of hydrogen-bond acceptors (Lipinski definition) is 2. The van der Waals surface area contributed by atoms with E-state index in [0.29, 0.717) is 0 Å². The van der Waals surface area contributed by atoms with E-state index >= 15 is 0 Å². The minimum Gasteiger partial charge on any atom is -0.245 e. The zero-order valence-corrected chi connectivity index (χ0v) is 9.42. The minimum absolute atomic E-state index is 1.06. The molecule has 1 nitrogen and oxygen atoms in total. The molecule has 1 heterocycles. The highest BCUT2D eigenvalue weighted by molar-refractivity contribution is 7.17. The molecular formula is C14H9NS. The van der Waals surface area contributed by atoms with Crippen LogP contribution < -0.4 is 0 Å². The molecule has 0 amide bonds. The van der Waals surface area contributed by atoms with E-state index in [4.69, 9.17) is 0 Å². The Kier molecular flexibility index (Phi) is 1.55. The maximum atomic E-state index is 4.38. The molecule has 4 rings (SSSR count). The summed E-state index contributed by atoms with van der Waals surface area (Å²) in [5, 5.41) is 0. The highest BCUT2D eigenvalue weighted by Gasteiger charge is 2.20. The van der Waals surface area contributed by atoms with Crippen LogP contribution in [0.5, 0.6) is 0 Å². The van der Waals surface area contributed by atoms with Crippen LogP contribution in [0.1, 0.15) is 11.1 Å². The van der Waals surface area contributed by atoms with Gasteiger partial charge in [0.2, 0.25) is 0 Å². The monoisotopic (exact) mass is 223 g/mol. The van der Waals surface area contributed by atoms with Crippen LogP contribution in [-0.4, -0.2) is 4.98 Å². The van der Waals surface area contributed by atoms with Gasteiger partial charge in [0.15, 0.2) is 0 Å². The van der Waals surface area contributed by atoms with Gasteiger partial charge in [0.1, 0.15) is 0 Å². The van der Waals surface area contributed by atoms with Crippen molar-refractivity contribution in [2.75, 3.05) is 0 Å². The van der Waals surface area contributed by atoms with Crippen molar-refractivity contribution >= 4 is 21.6 Å². The van der Waals surface area contributed by atoms with Crippen LogP contribution in [-0.2, 0) is 6.42 Å². The van der Waals surface area contributed by atoms with Crippen molar-refractivity contribution in [3.8, 4) is 11.1 Å². The summed E-state index contributed by atoms with van der Waals surface area (Å²) in [6.07, 6.45) is 1.06. The van der Waals surface area contributed by atoms with Gasteiger partial charge in [0, 0.05) is 6.42 Å². The van der Waals surface area contributed by atoms with E-state index in [1.807, 2.05) is 5.51 Å². The smallest absolute Gasteiger partial charge is 0.0815 e. The molecule has 2 heteroatoms. The lowest BCUT2D eigenvalue weighted by atomic mass is 10.1. The Labute approximate surface area is 97.4 Å². The number of hydrogen-bond donors (Lipinski definition) is 0. The van der Waals surface area contributed by atoms with Crippen LogP contribution in [0.2, 0.25) is 0 Å². The molecule has 1 aliphatic rings. The van der Waals surface area contributed by atoms with Crippen LogP contribution in [0.25, 0.3) is 21.3 Å². The molecule has 2 aromatic carbocycles. The lowest BCUT2D eigenvalue weighted by Crippen LogP contribution is -1.80. The molecule has 0 fully saturated rings. The van der Waals surface area contributed by atoms with Crippen molar-refractivity contribution in [3.63, 3.8) is 0 Å². The highest BCUT2D eigenvalue weighted by atomic mass is 32.1. The molecule has 76 valence electrons. The molecule has 16 heavy (non-hydrogen) atoms. The number of nitrogens with zero attached hydrogens (tertiary/aromatic N) is 1. The Morgan fingerprint density at radius 1 is 1.00 bits per heavy atom. The molecule has 0 unspecified atom stereocenters. The number of rotatable bonds is 0. The van der Waals surface area contributed by atoms with Crippen LogP contribution in [0, 0.1) is 0 Å². The number of fused-ring (bicyclic) bond motifs is 5. The summed E-state index contributed by atoms with van der Waals surface area (Å²) >= 11 is 1.75. The minimum atomic E-state index is 1.06. The maximum Gasteiger partial charge on any atom is 0.0815 e. The van der Waals surface area contributed by atoms with E-state index in [0.717, 1.165) is 11.9 Å². The van der Waals surface area contributed by atoms with Gasteiger partial charge in [-0.25, -0.2) is 4.98 Å². The molecule has 3 aromatic rings. The summed E-state index contributed by atoms with van der Waals surface area (Å²) < 4.78 is 1.36.